The minimum atomic E-state index is -0.384. The molecule has 2 saturated heterocycles. The number of rotatable bonds is 2. The first-order chi connectivity index (χ1) is 11.2. The fourth-order valence-corrected chi connectivity index (χ4v) is 5.13. The summed E-state index contributed by atoms with van der Waals surface area (Å²) in [6.45, 7) is 0. The van der Waals surface area contributed by atoms with Crippen LogP contribution in [0.15, 0.2) is 29.3 Å². The average Bonchev–Trinajstić information content (AvgIpc) is 2.93. The molecule has 3 heterocycles. The number of nitrogens with zero attached hydrogens (tertiary/aromatic N) is 3. The lowest BCUT2D eigenvalue weighted by Gasteiger charge is -2.38. The zero-order valence-electron chi connectivity index (χ0n) is 12.8. The quantitative estimate of drug-likeness (QED) is 0.621. The first kappa shape index (κ1) is 13.5. The van der Waals surface area contributed by atoms with E-state index in [9.17, 15) is 10.1 Å². The topological polar surface area (TPSA) is 68.0 Å². The van der Waals surface area contributed by atoms with Crippen molar-refractivity contribution in [1.82, 2.24) is 5.06 Å². The number of hydroxylamine groups is 2. The Bertz CT molecular complexity index is 673. The van der Waals surface area contributed by atoms with Crippen LogP contribution in [0.2, 0.25) is 0 Å². The molecule has 0 spiro atoms. The molecule has 2 aliphatic carbocycles. The Morgan fingerprint density at radius 3 is 2.43 bits per heavy atom. The van der Waals surface area contributed by atoms with E-state index in [4.69, 9.17) is 9.83 Å². The zero-order valence-corrected chi connectivity index (χ0v) is 12.8. The summed E-state index contributed by atoms with van der Waals surface area (Å²) in [5, 5.41) is 12.9. The van der Waals surface area contributed by atoms with Crippen LogP contribution in [0, 0.1) is 27.9 Å². The molecule has 0 N–H and O–H groups in total. The van der Waals surface area contributed by atoms with Crippen molar-refractivity contribution in [3.05, 3.63) is 39.9 Å². The number of nitro benzene ring substituents is 1. The minimum Gasteiger partial charge on any atom is -0.383 e. The van der Waals surface area contributed by atoms with Gasteiger partial charge in [-0.25, -0.2) is 4.99 Å². The maximum absolute atomic E-state index is 10.8. The summed E-state index contributed by atoms with van der Waals surface area (Å²) in [4.78, 5) is 21.4. The summed E-state index contributed by atoms with van der Waals surface area (Å²) in [6, 6.07) is 6.98. The Labute approximate surface area is 134 Å². The highest BCUT2D eigenvalue weighted by Gasteiger charge is 2.51. The maximum Gasteiger partial charge on any atom is 0.269 e. The molecule has 6 heteroatoms. The molecule has 4 fully saturated rings. The molecule has 3 atom stereocenters. The van der Waals surface area contributed by atoms with Gasteiger partial charge in [-0.3, -0.25) is 10.1 Å². The summed E-state index contributed by atoms with van der Waals surface area (Å²) < 4.78 is 0. The summed E-state index contributed by atoms with van der Waals surface area (Å²) >= 11 is 0. The second-order valence-corrected chi connectivity index (χ2v) is 7.43. The van der Waals surface area contributed by atoms with Gasteiger partial charge < -0.3 is 4.84 Å². The summed E-state index contributed by atoms with van der Waals surface area (Å²) in [7, 11) is 0. The Balaban J connectivity index is 1.45. The van der Waals surface area contributed by atoms with Crippen molar-refractivity contribution in [2.45, 2.75) is 44.3 Å². The van der Waals surface area contributed by atoms with E-state index >= 15 is 0 Å². The van der Waals surface area contributed by atoms with Crippen LogP contribution >= 0.6 is 0 Å². The number of hydrogen-bond acceptors (Lipinski definition) is 5. The molecule has 0 radical (unpaired) electrons. The SMILES string of the molecule is O=[N+]([O-])c1ccc(C2=NC3C4CC5CC(C4)CC(C5)N3O2)cc1. The van der Waals surface area contributed by atoms with E-state index < -0.39 is 0 Å². The molecule has 23 heavy (non-hydrogen) atoms. The van der Waals surface area contributed by atoms with E-state index in [0.29, 0.717) is 17.9 Å². The van der Waals surface area contributed by atoms with Crippen molar-refractivity contribution in [2.24, 2.45) is 22.7 Å². The standard InChI is InChI=1S/C17H19N3O3/c21-20(22)14-3-1-12(2-4-14)17-18-16-13-6-10-5-11(7-13)9-15(8-10)19(16)23-17/h1-4,10-11,13,15-16H,5-9H2. The summed E-state index contributed by atoms with van der Waals surface area (Å²) in [5.74, 6) is 2.92. The molecule has 6 nitrogen and oxygen atoms in total. The van der Waals surface area contributed by atoms with E-state index in [1.165, 1.54) is 44.2 Å². The smallest absolute Gasteiger partial charge is 0.269 e. The number of non-ortho nitro benzene ring substituents is 1. The molecular formula is C17H19N3O3. The number of nitro groups is 1. The van der Waals surface area contributed by atoms with Crippen LogP contribution in [0.4, 0.5) is 5.69 Å². The van der Waals surface area contributed by atoms with Gasteiger partial charge in [0.2, 0.25) is 5.90 Å². The monoisotopic (exact) mass is 313 g/mol. The summed E-state index contributed by atoms with van der Waals surface area (Å²) in [6.07, 6.45) is 6.54. The number of aliphatic imine (C=N–C) groups is 1. The molecular weight excluding hydrogens is 294 g/mol. The zero-order chi connectivity index (χ0) is 15.6. The normalized spacial score (nSPS) is 37.9. The Kier molecular flexibility index (Phi) is 2.80. The summed E-state index contributed by atoms with van der Waals surface area (Å²) in [5.41, 5.74) is 0.922. The molecule has 5 aliphatic rings. The van der Waals surface area contributed by atoms with Crippen LogP contribution in [-0.2, 0) is 4.84 Å². The van der Waals surface area contributed by atoms with Gasteiger partial charge >= 0.3 is 0 Å². The molecule has 3 aliphatic heterocycles. The van der Waals surface area contributed by atoms with Gasteiger partial charge in [-0.2, -0.15) is 0 Å². The van der Waals surface area contributed by atoms with Crippen molar-refractivity contribution in [3.63, 3.8) is 0 Å². The molecule has 6 rings (SSSR count). The van der Waals surface area contributed by atoms with Crippen molar-refractivity contribution in [1.29, 1.82) is 0 Å². The predicted molar refractivity (Wildman–Crippen MR) is 83.7 cm³/mol. The van der Waals surface area contributed by atoms with Crippen molar-refractivity contribution >= 4 is 11.6 Å². The van der Waals surface area contributed by atoms with E-state index in [1.54, 1.807) is 12.1 Å². The molecule has 3 unspecified atom stereocenters. The largest absolute Gasteiger partial charge is 0.383 e. The highest BCUT2D eigenvalue weighted by atomic mass is 16.7. The van der Waals surface area contributed by atoms with Gasteiger partial charge in [-0.05, 0) is 62.0 Å². The van der Waals surface area contributed by atoms with E-state index in [2.05, 4.69) is 5.06 Å². The van der Waals surface area contributed by atoms with Crippen LogP contribution in [0.1, 0.15) is 37.7 Å². The van der Waals surface area contributed by atoms with Gasteiger partial charge in [0, 0.05) is 23.7 Å². The third-order valence-corrected chi connectivity index (χ3v) is 5.96. The molecule has 0 aromatic heterocycles. The lowest BCUT2D eigenvalue weighted by atomic mass is 9.68. The predicted octanol–water partition coefficient (Wildman–Crippen LogP) is 3.12. The van der Waals surface area contributed by atoms with Gasteiger partial charge in [0.25, 0.3) is 5.69 Å². The highest BCUT2D eigenvalue weighted by molar-refractivity contribution is 5.95. The first-order valence-electron chi connectivity index (χ1n) is 8.46. The third kappa shape index (κ3) is 2.08. The van der Waals surface area contributed by atoms with Gasteiger partial charge in [-0.15, -0.1) is 5.06 Å². The van der Waals surface area contributed by atoms with Crippen LogP contribution in [0.25, 0.3) is 0 Å². The Hall–Kier alpha value is -1.95. The van der Waals surface area contributed by atoms with Crippen LogP contribution in [0.3, 0.4) is 0 Å². The Morgan fingerprint density at radius 1 is 1.09 bits per heavy atom. The maximum atomic E-state index is 10.8. The highest BCUT2D eigenvalue weighted by Crippen LogP contribution is 2.51. The molecule has 1 aromatic rings. The van der Waals surface area contributed by atoms with Crippen molar-refractivity contribution in [2.75, 3.05) is 0 Å². The fourth-order valence-electron chi connectivity index (χ4n) is 5.13. The van der Waals surface area contributed by atoms with Gasteiger partial charge in [0.1, 0.15) is 6.17 Å². The van der Waals surface area contributed by atoms with Crippen molar-refractivity contribution < 1.29 is 9.76 Å². The van der Waals surface area contributed by atoms with Gasteiger partial charge in [-0.1, -0.05) is 0 Å². The van der Waals surface area contributed by atoms with Crippen molar-refractivity contribution in [3.8, 4) is 0 Å². The first-order valence-corrected chi connectivity index (χ1v) is 8.46. The second-order valence-electron chi connectivity index (χ2n) is 7.43. The van der Waals surface area contributed by atoms with Gasteiger partial charge in [0.05, 0.1) is 4.92 Å². The molecule has 1 aromatic carbocycles. The number of benzene rings is 1. The second kappa shape index (κ2) is 4.77. The lowest BCUT2D eigenvalue weighted by molar-refractivity contribution is -0.384. The molecule has 0 amide bonds. The van der Waals surface area contributed by atoms with E-state index in [1.807, 2.05) is 0 Å². The average molecular weight is 313 g/mol. The van der Waals surface area contributed by atoms with E-state index in [-0.39, 0.29) is 16.8 Å². The van der Waals surface area contributed by atoms with Gasteiger partial charge in [0.15, 0.2) is 0 Å². The molecule has 2 saturated carbocycles. The molecule has 120 valence electrons. The fraction of sp³-hybridized carbons (Fsp3) is 0.588. The van der Waals surface area contributed by atoms with Crippen LogP contribution < -0.4 is 0 Å². The van der Waals surface area contributed by atoms with E-state index in [0.717, 1.165) is 17.4 Å². The third-order valence-electron chi connectivity index (χ3n) is 5.96. The lowest BCUT2D eigenvalue weighted by Crippen LogP contribution is -2.40. The molecule has 4 bridgehead atoms. The van der Waals surface area contributed by atoms with Crippen LogP contribution in [-0.4, -0.2) is 28.1 Å². The Morgan fingerprint density at radius 2 is 1.78 bits per heavy atom. The van der Waals surface area contributed by atoms with Crippen LogP contribution in [0.5, 0.6) is 0 Å². The minimum absolute atomic E-state index is 0.0961. The number of hydrogen-bond donors (Lipinski definition) is 0.